The molecule has 0 spiro atoms. The number of nitrogens with one attached hydrogen (secondary N) is 1. The quantitative estimate of drug-likeness (QED) is 0.813. The number of hydrogen-bond acceptors (Lipinski definition) is 5. The Balaban J connectivity index is 1.51. The number of aryl methyl sites for hydroxylation is 1. The molecular weight excluding hydrogens is 316 g/mol. The predicted octanol–water partition coefficient (Wildman–Crippen LogP) is -0.0408. The largest absolute Gasteiger partial charge is 0.351 e. The van der Waals surface area contributed by atoms with Crippen LogP contribution in [0.25, 0.3) is 0 Å². The van der Waals surface area contributed by atoms with Crippen molar-refractivity contribution in [3.63, 3.8) is 0 Å². The maximum atomic E-state index is 12.2. The third-order valence-electron chi connectivity index (χ3n) is 4.60. The van der Waals surface area contributed by atoms with E-state index in [1.165, 1.54) is 0 Å². The average molecular weight is 340 g/mol. The lowest BCUT2D eigenvalue weighted by Crippen LogP contribution is -2.45. The molecule has 3 heterocycles. The summed E-state index contributed by atoms with van der Waals surface area (Å²) >= 11 is 0. The third-order valence-corrected chi connectivity index (χ3v) is 6.37. The van der Waals surface area contributed by atoms with Crippen LogP contribution in [0.3, 0.4) is 0 Å². The number of hydrogen-bond donors (Lipinski definition) is 1. The first kappa shape index (κ1) is 16.4. The molecule has 23 heavy (non-hydrogen) atoms. The second kappa shape index (κ2) is 6.60. The van der Waals surface area contributed by atoms with E-state index in [0.29, 0.717) is 19.0 Å². The summed E-state index contributed by atoms with van der Waals surface area (Å²) in [5.74, 6) is 0.188. The summed E-state index contributed by atoms with van der Waals surface area (Å²) in [4.78, 5) is 14.4. The van der Waals surface area contributed by atoms with Crippen molar-refractivity contribution in [1.29, 1.82) is 0 Å². The van der Waals surface area contributed by atoms with Crippen LogP contribution in [0.4, 0.5) is 0 Å². The van der Waals surface area contributed by atoms with Crippen LogP contribution in [0.15, 0.2) is 12.4 Å². The molecule has 0 saturated carbocycles. The molecule has 2 aliphatic heterocycles. The number of carbonyl (C=O) groups excluding carboxylic acids is 1. The molecule has 2 atom stereocenters. The molecule has 7 nitrogen and oxygen atoms in total. The highest BCUT2D eigenvalue weighted by Crippen LogP contribution is 2.19. The fourth-order valence-electron chi connectivity index (χ4n) is 3.46. The van der Waals surface area contributed by atoms with E-state index in [2.05, 4.69) is 15.3 Å². The van der Waals surface area contributed by atoms with Gasteiger partial charge in [0.25, 0.3) is 0 Å². The molecule has 0 aliphatic carbocycles. The second-order valence-electron chi connectivity index (χ2n) is 6.67. The highest BCUT2D eigenvalue weighted by molar-refractivity contribution is 7.91. The lowest BCUT2D eigenvalue weighted by molar-refractivity contribution is -0.123. The summed E-state index contributed by atoms with van der Waals surface area (Å²) in [5, 5.41) is 7.18. The fourth-order valence-corrected chi connectivity index (χ4v) is 5.13. The summed E-state index contributed by atoms with van der Waals surface area (Å²) in [6.45, 7) is 4.04. The molecule has 0 bridgehead atoms. The van der Waals surface area contributed by atoms with Crippen molar-refractivity contribution in [1.82, 2.24) is 20.0 Å². The number of likely N-dealkylation sites (tertiary alicyclic amines) is 1. The number of aromatic nitrogens is 2. The van der Waals surface area contributed by atoms with Crippen molar-refractivity contribution in [3.05, 3.63) is 18.0 Å². The van der Waals surface area contributed by atoms with Crippen LogP contribution in [0.1, 0.15) is 24.8 Å². The lowest BCUT2D eigenvalue weighted by atomic mass is 10.2. The zero-order valence-electron chi connectivity index (χ0n) is 13.4. The molecule has 1 N–H and O–H groups in total. The molecule has 1 aromatic heterocycles. The molecule has 0 unspecified atom stereocenters. The van der Waals surface area contributed by atoms with Gasteiger partial charge in [-0.05, 0) is 38.3 Å². The third kappa shape index (κ3) is 4.32. The molecule has 1 amide bonds. The maximum absolute atomic E-state index is 12.2. The SMILES string of the molecule is Cc1cnn(C[C@H]2CCCN2CC(=O)N[C@@H]2CCS(=O)(=O)C2)c1. The van der Waals surface area contributed by atoms with Crippen LogP contribution in [-0.4, -0.2) is 65.7 Å². The Hall–Kier alpha value is -1.41. The van der Waals surface area contributed by atoms with Gasteiger partial charge in [-0.2, -0.15) is 5.10 Å². The Labute approximate surface area is 137 Å². The zero-order valence-corrected chi connectivity index (χ0v) is 14.3. The normalized spacial score (nSPS) is 27.3. The summed E-state index contributed by atoms with van der Waals surface area (Å²) < 4.78 is 24.8. The number of amides is 1. The van der Waals surface area contributed by atoms with Crippen molar-refractivity contribution in [2.24, 2.45) is 0 Å². The Morgan fingerprint density at radius 1 is 1.43 bits per heavy atom. The first-order chi connectivity index (χ1) is 10.9. The van der Waals surface area contributed by atoms with E-state index < -0.39 is 9.84 Å². The van der Waals surface area contributed by atoms with Crippen molar-refractivity contribution in [3.8, 4) is 0 Å². The van der Waals surface area contributed by atoms with Gasteiger partial charge in [-0.1, -0.05) is 0 Å². The highest BCUT2D eigenvalue weighted by atomic mass is 32.2. The number of sulfone groups is 1. The van der Waals surface area contributed by atoms with E-state index in [1.807, 2.05) is 24.0 Å². The van der Waals surface area contributed by atoms with Gasteiger partial charge in [0.15, 0.2) is 9.84 Å². The molecule has 0 aromatic carbocycles. The van der Waals surface area contributed by atoms with Crippen LogP contribution >= 0.6 is 0 Å². The minimum Gasteiger partial charge on any atom is -0.351 e. The van der Waals surface area contributed by atoms with Crippen molar-refractivity contribution >= 4 is 15.7 Å². The van der Waals surface area contributed by atoms with Gasteiger partial charge in [0.1, 0.15) is 0 Å². The van der Waals surface area contributed by atoms with Gasteiger partial charge in [-0.25, -0.2) is 8.42 Å². The van der Waals surface area contributed by atoms with Gasteiger partial charge in [-0.3, -0.25) is 14.4 Å². The topological polar surface area (TPSA) is 84.3 Å². The molecule has 128 valence electrons. The first-order valence-corrected chi connectivity index (χ1v) is 9.96. The van der Waals surface area contributed by atoms with Crippen molar-refractivity contribution in [2.45, 2.75) is 44.8 Å². The molecule has 1 aromatic rings. The smallest absolute Gasteiger partial charge is 0.234 e. The predicted molar refractivity (Wildman–Crippen MR) is 86.8 cm³/mol. The summed E-state index contributed by atoms with van der Waals surface area (Å²) in [5.41, 5.74) is 1.13. The molecule has 2 aliphatic rings. The van der Waals surface area contributed by atoms with Crippen LogP contribution < -0.4 is 5.32 Å². The lowest BCUT2D eigenvalue weighted by Gasteiger charge is -2.24. The first-order valence-electron chi connectivity index (χ1n) is 8.14. The Bertz CT molecular complexity index is 670. The number of rotatable bonds is 5. The maximum Gasteiger partial charge on any atom is 0.234 e. The molecular formula is C15H24N4O3S. The van der Waals surface area contributed by atoms with Crippen LogP contribution in [0, 0.1) is 6.92 Å². The molecule has 2 fully saturated rings. The summed E-state index contributed by atoms with van der Waals surface area (Å²) in [7, 11) is -2.96. The Morgan fingerprint density at radius 3 is 2.91 bits per heavy atom. The average Bonchev–Trinajstić information content (AvgIpc) is 3.14. The van der Waals surface area contributed by atoms with Crippen molar-refractivity contribution < 1.29 is 13.2 Å². The zero-order chi connectivity index (χ0) is 16.4. The number of nitrogens with zero attached hydrogens (tertiary/aromatic N) is 3. The summed E-state index contributed by atoms with van der Waals surface area (Å²) in [6.07, 6.45) is 6.52. The monoisotopic (exact) mass is 340 g/mol. The highest BCUT2D eigenvalue weighted by Gasteiger charge is 2.31. The molecule has 2 saturated heterocycles. The standard InChI is InChI=1S/C15H24N4O3S/c1-12-7-16-19(8-12)9-14-3-2-5-18(14)10-15(20)17-13-4-6-23(21,22)11-13/h7-8,13-14H,2-6,9-11H2,1H3,(H,17,20)/t13-,14-/m1/s1. The Morgan fingerprint density at radius 2 is 2.26 bits per heavy atom. The van der Waals surface area contributed by atoms with E-state index in [9.17, 15) is 13.2 Å². The van der Waals surface area contributed by atoms with E-state index >= 15 is 0 Å². The van der Waals surface area contributed by atoms with Gasteiger partial charge in [0.2, 0.25) is 5.91 Å². The number of carbonyl (C=O) groups is 1. The van der Waals surface area contributed by atoms with Crippen molar-refractivity contribution in [2.75, 3.05) is 24.6 Å². The van der Waals surface area contributed by atoms with Gasteiger partial charge in [0, 0.05) is 18.3 Å². The fraction of sp³-hybridized carbons (Fsp3) is 0.733. The molecule has 0 radical (unpaired) electrons. The van der Waals surface area contributed by atoms with Gasteiger partial charge < -0.3 is 5.32 Å². The second-order valence-corrected chi connectivity index (χ2v) is 8.90. The minimum atomic E-state index is -2.96. The van der Waals surface area contributed by atoms with Gasteiger partial charge >= 0.3 is 0 Å². The van der Waals surface area contributed by atoms with E-state index in [-0.39, 0.29) is 23.5 Å². The Kier molecular flexibility index (Phi) is 4.72. The van der Waals surface area contributed by atoms with Gasteiger partial charge in [0.05, 0.1) is 30.8 Å². The summed E-state index contributed by atoms with van der Waals surface area (Å²) in [6, 6.07) is 0.0923. The van der Waals surface area contributed by atoms with Crippen LogP contribution in [0.5, 0.6) is 0 Å². The molecule has 8 heteroatoms. The van der Waals surface area contributed by atoms with Crippen LogP contribution in [0.2, 0.25) is 0 Å². The minimum absolute atomic E-state index is 0.0735. The van der Waals surface area contributed by atoms with Gasteiger partial charge in [-0.15, -0.1) is 0 Å². The van der Waals surface area contributed by atoms with Crippen LogP contribution in [-0.2, 0) is 21.2 Å². The van der Waals surface area contributed by atoms with E-state index in [4.69, 9.17) is 0 Å². The van der Waals surface area contributed by atoms with E-state index in [0.717, 1.165) is 31.5 Å². The van der Waals surface area contributed by atoms with E-state index in [1.54, 1.807) is 0 Å². The molecule has 3 rings (SSSR count).